The highest BCUT2D eigenvalue weighted by Gasteiger charge is 2.17. The van der Waals surface area contributed by atoms with Crippen LogP contribution in [-0.4, -0.2) is 10.9 Å². The molecule has 3 nitrogen and oxygen atoms in total. The van der Waals surface area contributed by atoms with Gasteiger partial charge in [-0.15, -0.1) is 11.3 Å². The summed E-state index contributed by atoms with van der Waals surface area (Å²) in [4.78, 5) is 20.5. The number of thiophene rings is 1. The van der Waals surface area contributed by atoms with Gasteiger partial charge in [0.1, 0.15) is 0 Å². The quantitative estimate of drug-likeness (QED) is 0.407. The van der Waals surface area contributed by atoms with E-state index in [1.165, 1.54) is 4.88 Å². The summed E-state index contributed by atoms with van der Waals surface area (Å²) in [6, 6.07) is 20.1. The van der Waals surface area contributed by atoms with Crippen LogP contribution in [0.15, 0.2) is 60.7 Å². The van der Waals surface area contributed by atoms with Crippen molar-refractivity contribution < 1.29 is 4.79 Å². The minimum Gasteiger partial charge on any atom is -0.321 e. The number of hydrogen-bond acceptors (Lipinski definition) is 3. The van der Waals surface area contributed by atoms with Gasteiger partial charge in [-0.3, -0.25) is 4.79 Å². The number of nitrogens with one attached hydrogen (secondary N) is 1. The first kappa shape index (κ1) is 19.3. The predicted molar refractivity (Wildman–Crippen MR) is 123 cm³/mol. The van der Waals surface area contributed by atoms with Crippen LogP contribution in [0.4, 0.5) is 5.69 Å². The molecule has 1 N–H and O–H groups in total. The topological polar surface area (TPSA) is 42.0 Å². The van der Waals surface area contributed by atoms with Gasteiger partial charge in [0.15, 0.2) is 0 Å². The molecule has 2 heterocycles. The van der Waals surface area contributed by atoms with Crippen molar-refractivity contribution in [2.24, 2.45) is 0 Å². The number of para-hydroxylation sites is 2. The normalized spacial score (nSPS) is 11.0. The van der Waals surface area contributed by atoms with Gasteiger partial charge in [0.25, 0.3) is 5.91 Å². The minimum atomic E-state index is -0.0891. The molecule has 0 saturated carbocycles. The number of carbonyl (C=O) groups is 1. The van der Waals surface area contributed by atoms with E-state index in [-0.39, 0.29) is 5.91 Å². The zero-order valence-electron chi connectivity index (χ0n) is 17.0. The largest absolute Gasteiger partial charge is 0.321 e. The number of fused-ring (bicyclic) bond motifs is 1. The number of carbonyl (C=O) groups excluding carboxylic acids is 1. The number of amides is 1. The van der Waals surface area contributed by atoms with E-state index in [9.17, 15) is 4.79 Å². The zero-order chi connectivity index (χ0) is 20.4. The molecule has 4 aromatic rings. The Bertz CT molecular complexity index is 1170. The van der Waals surface area contributed by atoms with Gasteiger partial charge in [0.2, 0.25) is 0 Å². The molecule has 0 atom stereocenters. The molecule has 0 spiro atoms. The lowest BCUT2D eigenvalue weighted by atomic mass is 10.0. The van der Waals surface area contributed by atoms with Gasteiger partial charge in [-0.2, -0.15) is 0 Å². The molecule has 0 aliphatic carbocycles. The van der Waals surface area contributed by atoms with Crippen molar-refractivity contribution in [3.05, 3.63) is 82.2 Å². The summed E-state index contributed by atoms with van der Waals surface area (Å²) in [5, 5.41) is 4.08. The fourth-order valence-electron chi connectivity index (χ4n) is 3.65. The van der Waals surface area contributed by atoms with Crippen LogP contribution in [0.1, 0.15) is 40.2 Å². The standard InChI is InChI=1S/C25H24N2OS/c1-4-17-9-8-10-18(5-2)24(17)27-25(28)20-15-22(23-14-13-16(3)29-23)26-21-12-7-6-11-19(20)21/h6-15H,4-5H2,1-3H3,(H,27,28). The van der Waals surface area contributed by atoms with Crippen molar-refractivity contribution in [3.8, 4) is 10.6 Å². The van der Waals surface area contributed by atoms with Crippen LogP contribution in [0.5, 0.6) is 0 Å². The molecule has 1 amide bonds. The van der Waals surface area contributed by atoms with E-state index in [2.05, 4.69) is 56.4 Å². The van der Waals surface area contributed by atoms with Gasteiger partial charge in [-0.05, 0) is 55.2 Å². The number of nitrogens with zero attached hydrogens (tertiary/aromatic N) is 1. The minimum absolute atomic E-state index is 0.0891. The Morgan fingerprint density at radius 1 is 0.966 bits per heavy atom. The van der Waals surface area contributed by atoms with E-state index in [0.717, 1.165) is 51.1 Å². The van der Waals surface area contributed by atoms with Gasteiger partial charge < -0.3 is 5.32 Å². The SMILES string of the molecule is CCc1cccc(CC)c1NC(=O)c1cc(-c2ccc(C)s2)nc2ccccc12. The van der Waals surface area contributed by atoms with E-state index in [4.69, 9.17) is 4.98 Å². The average Bonchev–Trinajstić information content (AvgIpc) is 3.19. The third-order valence-corrected chi connectivity index (χ3v) is 6.21. The van der Waals surface area contributed by atoms with Crippen LogP contribution in [0, 0.1) is 6.92 Å². The highest BCUT2D eigenvalue weighted by molar-refractivity contribution is 7.15. The first-order chi connectivity index (χ1) is 14.1. The Morgan fingerprint density at radius 3 is 2.34 bits per heavy atom. The van der Waals surface area contributed by atoms with Crippen molar-refractivity contribution in [3.63, 3.8) is 0 Å². The predicted octanol–water partition coefficient (Wildman–Crippen LogP) is 6.65. The molecule has 0 saturated heterocycles. The summed E-state index contributed by atoms with van der Waals surface area (Å²) in [6.45, 7) is 6.31. The van der Waals surface area contributed by atoms with E-state index in [1.54, 1.807) is 11.3 Å². The van der Waals surface area contributed by atoms with Gasteiger partial charge in [-0.1, -0.05) is 50.2 Å². The van der Waals surface area contributed by atoms with Crippen molar-refractivity contribution in [2.75, 3.05) is 5.32 Å². The number of aromatic nitrogens is 1. The Balaban J connectivity index is 1.82. The third kappa shape index (κ3) is 3.81. The maximum Gasteiger partial charge on any atom is 0.256 e. The lowest BCUT2D eigenvalue weighted by Crippen LogP contribution is -2.15. The van der Waals surface area contributed by atoms with Crippen molar-refractivity contribution in [1.29, 1.82) is 0 Å². The molecule has 4 heteroatoms. The fraction of sp³-hybridized carbons (Fsp3) is 0.200. The van der Waals surface area contributed by atoms with E-state index in [1.807, 2.05) is 30.3 Å². The van der Waals surface area contributed by atoms with Gasteiger partial charge >= 0.3 is 0 Å². The lowest BCUT2D eigenvalue weighted by molar-refractivity contribution is 0.102. The van der Waals surface area contributed by atoms with Crippen molar-refractivity contribution >= 4 is 33.8 Å². The number of benzene rings is 2. The number of rotatable bonds is 5. The van der Waals surface area contributed by atoms with Crippen molar-refractivity contribution in [2.45, 2.75) is 33.6 Å². The Kier molecular flexibility index (Phi) is 5.45. The first-order valence-corrected chi connectivity index (χ1v) is 10.8. The molecular weight excluding hydrogens is 376 g/mol. The van der Waals surface area contributed by atoms with Crippen molar-refractivity contribution in [1.82, 2.24) is 4.98 Å². The zero-order valence-corrected chi connectivity index (χ0v) is 17.8. The number of hydrogen-bond donors (Lipinski definition) is 1. The van der Waals surface area contributed by atoms with Crippen LogP contribution >= 0.6 is 11.3 Å². The number of anilines is 1. The summed E-state index contributed by atoms with van der Waals surface area (Å²) in [5.41, 5.74) is 5.59. The first-order valence-electron chi connectivity index (χ1n) is 9.99. The molecule has 0 fully saturated rings. The smallest absolute Gasteiger partial charge is 0.256 e. The highest BCUT2D eigenvalue weighted by atomic mass is 32.1. The molecule has 0 aliphatic rings. The molecular formula is C25H24N2OS. The summed E-state index contributed by atoms with van der Waals surface area (Å²) in [7, 11) is 0. The molecule has 0 unspecified atom stereocenters. The monoisotopic (exact) mass is 400 g/mol. The van der Waals surface area contributed by atoms with E-state index in [0.29, 0.717) is 5.56 Å². The second-order valence-corrected chi connectivity index (χ2v) is 8.38. The second kappa shape index (κ2) is 8.18. The molecule has 0 radical (unpaired) electrons. The van der Waals surface area contributed by atoms with E-state index < -0.39 is 0 Å². The molecule has 146 valence electrons. The van der Waals surface area contributed by atoms with Gasteiger partial charge in [-0.25, -0.2) is 4.98 Å². The Labute approximate surface area is 175 Å². The summed E-state index contributed by atoms with van der Waals surface area (Å²) in [6.07, 6.45) is 1.75. The Morgan fingerprint density at radius 2 is 1.69 bits per heavy atom. The maximum atomic E-state index is 13.4. The van der Waals surface area contributed by atoms with Crippen LogP contribution in [0.25, 0.3) is 21.5 Å². The summed E-state index contributed by atoms with van der Waals surface area (Å²) in [5.74, 6) is -0.0891. The second-order valence-electron chi connectivity index (χ2n) is 7.09. The molecule has 0 bridgehead atoms. The Hall–Kier alpha value is -2.98. The van der Waals surface area contributed by atoms with Gasteiger partial charge in [0.05, 0.1) is 21.7 Å². The number of pyridine rings is 1. The molecule has 29 heavy (non-hydrogen) atoms. The molecule has 2 aromatic heterocycles. The van der Waals surface area contributed by atoms with E-state index >= 15 is 0 Å². The van der Waals surface area contributed by atoms with Crippen LogP contribution in [0.2, 0.25) is 0 Å². The average molecular weight is 401 g/mol. The molecule has 0 aliphatic heterocycles. The molecule has 4 rings (SSSR count). The van der Waals surface area contributed by atoms with Crippen LogP contribution < -0.4 is 5.32 Å². The molecule has 2 aromatic carbocycles. The highest BCUT2D eigenvalue weighted by Crippen LogP contribution is 2.31. The number of aryl methyl sites for hydroxylation is 3. The third-order valence-electron chi connectivity index (χ3n) is 5.19. The van der Waals surface area contributed by atoms with Crippen LogP contribution in [0.3, 0.4) is 0 Å². The summed E-state index contributed by atoms with van der Waals surface area (Å²) >= 11 is 1.69. The lowest BCUT2D eigenvalue weighted by Gasteiger charge is -2.15. The van der Waals surface area contributed by atoms with Gasteiger partial charge in [0, 0.05) is 16.0 Å². The van der Waals surface area contributed by atoms with Crippen LogP contribution in [-0.2, 0) is 12.8 Å². The maximum absolute atomic E-state index is 13.4. The fourth-order valence-corrected chi connectivity index (χ4v) is 4.47. The summed E-state index contributed by atoms with van der Waals surface area (Å²) < 4.78 is 0.